The molecule has 128 valence electrons. The predicted molar refractivity (Wildman–Crippen MR) is 94.3 cm³/mol. The number of aliphatic hydroxyl groups excluding tert-OH is 1. The molecule has 2 fully saturated rings. The van der Waals surface area contributed by atoms with Gasteiger partial charge in [-0.2, -0.15) is 0 Å². The lowest BCUT2D eigenvalue weighted by Gasteiger charge is -2.53. The van der Waals surface area contributed by atoms with Crippen LogP contribution in [0.2, 0.25) is 0 Å². The Morgan fingerprint density at radius 2 is 2.21 bits per heavy atom. The first-order chi connectivity index (χ1) is 11.5. The number of allylic oxidation sites excluding steroid dienone is 1. The van der Waals surface area contributed by atoms with Gasteiger partial charge in [0, 0.05) is 23.8 Å². The maximum atomic E-state index is 10.6. The Morgan fingerprint density at radius 3 is 3.04 bits per heavy atom. The van der Waals surface area contributed by atoms with Gasteiger partial charge in [-0.25, -0.2) is 0 Å². The first-order valence-electron chi connectivity index (χ1n) is 9.39. The molecular formula is C21H27NO2. The summed E-state index contributed by atoms with van der Waals surface area (Å²) in [5, 5.41) is 13.9. The van der Waals surface area contributed by atoms with E-state index in [1.807, 2.05) is 0 Å². The molecule has 3 heteroatoms. The minimum Gasteiger partial charge on any atom is -0.393 e. The van der Waals surface area contributed by atoms with Crippen LogP contribution in [0.25, 0.3) is 0 Å². The number of hydrogen-bond donors (Lipinski definition) is 2. The number of fused-ring (bicyclic) bond motifs is 1. The highest BCUT2D eigenvalue weighted by atomic mass is 16.5. The number of aliphatic hydroxyl groups is 1. The molecule has 2 heterocycles. The molecule has 0 aromatic carbocycles. The van der Waals surface area contributed by atoms with Crippen LogP contribution in [0, 0.1) is 11.3 Å². The summed E-state index contributed by atoms with van der Waals surface area (Å²) in [6, 6.07) is 0.296. The zero-order valence-electron chi connectivity index (χ0n) is 14.4. The van der Waals surface area contributed by atoms with E-state index < -0.39 is 0 Å². The number of rotatable bonds is 2. The molecule has 2 aliphatic heterocycles. The molecule has 0 amide bonds. The number of ether oxygens (including phenoxy) is 1. The summed E-state index contributed by atoms with van der Waals surface area (Å²) < 4.78 is 7.01. The second kappa shape index (κ2) is 4.64. The Morgan fingerprint density at radius 1 is 1.33 bits per heavy atom. The van der Waals surface area contributed by atoms with Crippen LogP contribution in [-0.2, 0) is 4.74 Å². The molecule has 2 bridgehead atoms. The van der Waals surface area contributed by atoms with Crippen LogP contribution >= 0.6 is 0 Å². The SMILES string of the molecule is C=CN[C@@H]1C=CC2=CC3=CC[C@@]4(C)[C@@H](CC[C@@H]4O)[C@@]34CC[C@]2(C1)O4. The fourth-order valence-electron chi connectivity index (χ4n) is 6.30. The number of hydrogen-bond acceptors (Lipinski definition) is 3. The molecule has 3 aliphatic carbocycles. The van der Waals surface area contributed by atoms with E-state index in [9.17, 15) is 5.11 Å². The van der Waals surface area contributed by atoms with Gasteiger partial charge in [0.2, 0.25) is 0 Å². The average Bonchev–Trinajstić information content (AvgIpc) is 3.03. The second-order valence-corrected chi connectivity index (χ2v) is 8.64. The van der Waals surface area contributed by atoms with E-state index in [0.717, 1.165) is 38.5 Å². The van der Waals surface area contributed by atoms with Crippen molar-refractivity contribution >= 4 is 0 Å². The highest BCUT2D eigenvalue weighted by molar-refractivity contribution is 5.51. The van der Waals surface area contributed by atoms with Crippen molar-refractivity contribution in [3.63, 3.8) is 0 Å². The third-order valence-corrected chi connectivity index (χ3v) is 7.60. The van der Waals surface area contributed by atoms with E-state index in [2.05, 4.69) is 43.1 Å². The maximum absolute atomic E-state index is 10.6. The van der Waals surface area contributed by atoms with Gasteiger partial charge in [0.05, 0.1) is 17.3 Å². The van der Waals surface area contributed by atoms with E-state index in [1.54, 1.807) is 6.20 Å². The van der Waals surface area contributed by atoms with Crippen molar-refractivity contribution in [3.05, 3.63) is 48.2 Å². The van der Waals surface area contributed by atoms with Crippen molar-refractivity contribution in [3.8, 4) is 0 Å². The normalized spacial score (nSPS) is 51.2. The van der Waals surface area contributed by atoms with Crippen molar-refractivity contribution in [2.75, 3.05) is 0 Å². The van der Waals surface area contributed by atoms with E-state index in [1.165, 1.54) is 11.1 Å². The summed E-state index contributed by atoms with van der Waals surface area (Å²) in [6.07, 6.45) is 16.9. The monoisotopic (exact) mass is 325 g/mol. The molecule has 5 aliphatic rings. The van der Waals surface area contributed by atoms with Crippen LogP contribution in [0.3, 0.4) is 0 Å². The van der Waals surface area contributed by atoms with Crippen molar-refractivity contribution in [1.29, 1.82) is 0 Å². The van der Waals surface area contributed by atoms with E-state index >= 15 is 0 Å². The fourth-order valence-corrected chi connectivity index (χ4v) is 6.30. The van der Waals surface area contributed by atoms with Crippen LogP contribution in [0.15, 0.2) is 48.2 Å². The van der Waals surface area contributed by atoms with Crippen LogP contribution in [-0.4, -0.2) is 28.5 Å². The quantitative estimate of drug-likeness (QED) is 0.818. The van der Waals surface area contributed by atoms with Gasteiger partial charge in [0.1, 0.15) is 0 Å². The Balaban J connectivity index is 1.60. The summed E-state index contributed by atoms with van der Waals surface area (Å²) in [5.74, 6) is 0.439. The molecule has 1 saturated carbocycles. The van der Waals surface area contributed by atoms with Crippen molar-refractivity contribution < 1.29 is 9.84 Å². The van der Waals surface area contributed by atoms with Crippen molar-refractivity contribution in [2.24, 2.45) is 11.3 Å². The molecule has 3 nitrogen and oxygen atoms in total. The fraction of sp³-hybridized carbons (Fsp3) is 0.619. The van der Waals surface area contributed by atoms with Gasteiger partial charge in [-0.3, -0.25) is 0 Å². The summed E-state index contributed by atoms with van der Waals surface area (Å²) >= 11 is 0. The molecular weight excluding hydrogens is 298 g/mol. The van der Waals surface area contributed by atoms with Gasteiger partial charge in [-0.05, 0) is 49.5 Å². The van der Waals surface area contributed by atoms with Crippen molar-refractivity contribution in [1.82, 2.24) is 5.32 Å². The van der Waals surface area contributed by atoms with Gasteiger partial charge < -0.3 is 15.2 Å². The van der Waals surface area contributed by atoms with Gasteiger partial charge in [0.15, 0.2) is 0 Å². The Hall–Kier alpha value is -1.32. The molecule has 0 unspecified atom stereocenters. The van der Waals surface area contributed by atoms with Crippen LogP contribution < -0.4 is 5.32 Å². The summed E-state index contributed by atoms with van der Waals surface area (Å²) in [7, 11) is 0. The van der Waals surface area contributed by atoms with E-state index in [-0.39, 0.29) is 22.7 Å². The Kier molecular flexibility index (Phi) is 2.90. The zero-order valence-corrected chi connectivity index (χ0v) is 14.4. The van der Waals surface area contributed by atoms with E-state index in [4.69, 9.17) is 4.74 Å². The highest BCUT2D eigenvalue weighted by Crippen LogP contribution is 2.65. The minimum absolute atomic E-state index is 0.0242. The maximum Gasteiger partial charge on any atom is 0.0976 e. The lowest BCUT2D eigenvalue weighted by Crippen LogP contribution is -2.55. The van der Waals surface area contributed by atoms with Gasteiger partial charge in [0.25, 0.3) is 0 Å². The van der Waals surface area contributed by atoms with Crippen LogP contribution in [0.5, 0.6) is 0 Å². The largest absolute Gasteiger partial charge is 0.393 e. The molecule has 1 saturated heterocycles. The molecule has 0 aromatic heterocycles. The molecule has 24 heavy (non-hydrogen) atoms. The molecule has 2 N–H and O–H groups in total. The lowest BCUT2D eigenvalue weighted by molar-refractivity contribution is -0.138. The Bertz CT molecular complexity index is 692. The highest BCUT2D eigenvalue weighted by Gasteiger charge is 2.66. The summed E-state index contributed by atoms with van der Waals surface area (Å²) in [5.41, 5.74) is 2.37. The van der Waals surface area contributed by atoms with Crippen LogP contribution in [0.4, 0.5) is 0 Å². The topological polar surface area (TPSA) is 41.5 Å². The van der Waals surface area contributed by atoms with Crippen LogP contribution in [0.1, 0.15) is 45.4 Å². The smallest absolute Gasteiger partial charge is 0.0976 e. The van der Waals surface area contributed by atoms with Gasteiger partial charge in [-0.1, -0.05) is 37.8 Å². The third kappa shape index (κ3) is 1.65. The third-order valence-electron chi connectivity index (χ3n) is 7.60. The predicted octanol–water partition coefficient (Wildman–Crippen LogP) is 3.38. The minimum atomic E-state index is -0.193. The van der Waals surface area contributed by atoms with Gasteiger partial charge >= 0.3 is 0 Å². The van der Waals surface area contributed by atoms with Gasteiger partial charge in [-0.15, -0.1) is 0 Å². The lowest BCUT2D eigenvalue weighted by atomic mass is 9.60. The first-order valence-corrected chi connectivity index (χ1v) is 9.39. The molecule has 0 radical (unpaired) electrons. The zero-order chi connectivity index (χ0) is 16.6. The van der Waals surface area contributed by atoms with Crippen molar-refractivity contribution in [2.45, 2.75) is 68.8 Å². The Labute approximate surface area is 144 Å². The standard InChI is InChI=1S/C21H27NO2/c1-3-22-16-5-4-14-12-15-8-9-19(2)17(6-7-18(19)23)21(15)11-10-20(14,13-16)24-21/h3-5,8,12,16-18,22-23H,1,6-7,9-11,13H2,2H3/t16-,17-,18+,19+,20-,21-/m1/s1. The molecule has 0 aromatic rings. The number of nitrogens with one attached hydrogen (secondary N) is 1. The second-order valence-electron chi connectivity index (χ2n) is 8.64. The summed E-state index contributed by atoms with van der Waals surface area (Å²) in [6.45, 7) is 6.08. The molecule has 2 spiro atoms. The molecule has 5 rings (SSSR count). The first kappa shape index (κ1) is 15.0. The summed E-state index contributed by atoms with van der Waals surface area (Å²) in [4.78, 5) is 0. The average molecular weight is 325 g/mol. The molecule has 6 atom stereocenters. The van der Waals surface area contributed by atoms with E-state index in [0.29, 0.717) is 12.0 Å².